The number of nitrogens with zero attached hydrogens (tertiary/aromatic N) is 1. The summed E-state index contributed by atoms with van der Waals surface area (Å²) >= 11 is 0. The Bertz CT molecular complexity index is 842. The zero-order chi connectivity index (χ0) is 18.9. The molecule has 1 amide bonds. The number of rotatable bonds is 5. The van der Waals surface area contributed by atoms with Crippen molar-refractivity contribution in [3.63, 3.8) is 0 Å². The monoisotopic (exact) mass is 351 g/mol. The van der Waals surface area contributed by atoms with Crippen LogP contribution in [0.1, 0.15) is 35.3 Å². The van der Waals surface area contributed by atoms with E-state index in [4.69, 9.17) is 4.74 Å². The van der Waals surface area contributed by atoms with E-state index in [9.17, 15) is 4.79 Å². The number of aromatic nitrogens is 2. The molecular weight excluding hydrogens is 326 g/mol. The van der Waals surface area contributed by atoms with Crippen molar-refractivity contribution in [1.29, 1.82) is 0 Å². The predicted molar refractivity (Wildman–Crippen MR) is 104 cm³/mol. The van der Waals surface area contributed by atoms with Gasteiger partial charge < -0.3 is 10.1 Å². The van der Waals surface area contributed by atoms with Crippen LogP contribution in [0.25, 0.3) is 11.1 Å². The van der Waals surface area contributed by atoms with Gasteiger partial charge in [0.15, 0.2) is 0 Å². The van der Waals surface area contributed by atoms with Crippen molar-refractivity contribution in [2.24, 2.45) is 0 Å². The van der Waals surface area contributed by atoms with Gasteiger partial charge in [-0.3, -0.25) is 9.89 Å². The van der Waals surface area contributed by atoms with Crippen LogP contribution in [0.4, 0.5) is 0 Å². The zero-order valence-electron chi connectivity index (χ0n) is 15.7. The summed E-state index contributed by atoms with van der Waals surface area (Å²) in [5.74, 6) is 0.682. The molecule has 0 bridgehead atoms. The molecule has 1 aromatic heterocycles. The molecule has 0 unspecified atom stereocenters. The van der Waals surface area contributed by atoms with Crippen LogP contribution in [-0.4, -0.2) is 23.2 Å². The lowest BCUT2D eigenvalue weighted by atomic mass is 10.0. The third-order valence-corrected chi connectivity index (χ3v) is 3.89. The summed E-state index contributed by atoms with van der Waals surface area (Å²) < 4.78 is 5.19. The molecule has 0 saturated carbocycles. The van der Waals surface area contributed by atoms with Crippen molar-refractivity contribution in [1.82, 2.24) is 15.5 Å². The number of hydrogen-bond donors (Lipinski definition) is 2. The van der Waals surface area contributed by atoms with Gasteiger partial charge in [0.25, 0.3) is 5.91 Å². The van der Waals surface area contributed by atoms with E-state index in [-0.39, 0.29) is 5.91 Å². The van der Waals surface area contributed by atoms with Gasteiger partial charge in [-0.2, -0.15) is 5.10 Å². The van der Waals surface area contributed by atoms with E-state index in [0.717, 1.165) is 28.0 Å². The van der Waals surface area contributed by atoms with Crippen LogP contribution in [-0.2, 0) is 6.54 Å². The Kier molecular flexibility index (Phi) is 6.97. The summed E-state index contributed by atoms with van der Waals surface area (Å²) in [5, 5.41) is 9.70. The molecular formula is C21H25N3O2. The Morgan fingerprint density at radius 2 is 2.00 bits per heavy atom. The Balaban J connectivity index is 0.00000117. The van der Waals surface area contributed by atoms with Gasteiger partial charge in [-0.25, -0.2) is 0 Å². The van der Waals surface area contributed by atoms with E-state index in [1.165, 1.54) is 0 Å². The molecule has 5 heteroatoms. The standard InChI is InChI=1S/C19H19N3O2.C2H6/c1-13-8-15(6-7-18(13)16-11-21-22-12-16)19(23)20-10-14-4-3-5-17(9-14)24-2;1-2/h3-9,11-12H,10H2,1-2H3,(H,20,23)(H,21,22);1-2H3. The number of carbonyl (C=O) groups excluding carboxylic acids is 1. The number of methoxy groups -OCH3 is 1. The van der Waals surface area contributed by atoms with E-state index < -0.39 is 0 Å². The van der Waals surface area contributed by atoms with Crippen LogP contribution >= 0.6 is 0 Å². The second-order valence-electron chi connectivity index (χ2n) is 5.55. The second kappa shape index (κ2) is 9.42. The van der Waals surface area contributed by atoms with Gasteiger partial charge in [-0.15, -0.1) is 0 Å². The van der Waals surface area contributed by atoms with Crippen molar-refractivity contribution < 1.29 is 9.53 Å². The van der Waals surface area contributed by atoms with Gasteiger partial charge in [0.1, 0.15) is 5.75 Å². The first-order chi connectivity index (χ1) is 12.7. The Morgan fingerprint density at radius 3 is 2.65 bits per heavy atom. The number of ether oxygens (including phenoxy) is 1. The van der Waals surface area contributed by atoms with Gasteiger partial charge >= 0.3 is 0 Å². The minimum Gasteiger partial charge on any atom is -0.497 e. The number of aromatic amines is 1. The SMILES string of the molecule is CC.COc1cccc(CNC(=O)c2ccc(-c3cn[nH]c3)c(C)c2)c1. The number of amides is 1. The normalized spacial score (nSPS) is 9.85. The molecule has 5 nitrogen and oxygen atoms in total. The van der Waals surface area contributed by atoms with Crippen molar-refractivity contribution in [2.75, 3.05) is 7.11 Å². The van der Waals surface area contributed by atoms with Gasteiger partial charge in [-0.05, 0) is 47.9 Å². The Labute approximate surface area is 154 Å². The average Bonchev–Trinajstić information content (AvgIpc) is 3.22. The van der Waals surface area contributed by atoms with E-state index in [2.05, 4.69) is 15.5 Å². The number of nitrogens with one attached hydrogen (secondary N) is 2. The minimum absolute atomic E-state index is 0.0975. The predicted octanol–water partition coefficient (Wildman–Crippen LogP) is 4.35. The number of H-pyrrole nitrogens is 1. The molecule has 26 heavy (non-hydrogen) atoms. The van der Waals surface area contributed by atoms with Gasteiger partial charge in [-0.1, -0.05) is 32.0 Å². The van der Waals surface area contributed by atoms with Crippen LogP contribution in [0.15, 0.2) is 54.9 Å². The first-order valence-electron chi connectivity index (χ1n) is 8.68. The first kappa shape index (κ1) is 19.2. The quantitative estimate of drug-likeness (QED) is 0.718. The molecule has 0 atom stereocenters. The fourth-order valence-electron chi connectivity index (χ4n) is 2.59. The van der Waals surface area contributed by atoms with Gasteiger partial charge in [0, 0.05) is 23.9 Å². The highest BCUT2D eigenvalue weighted by Crippen LogP contribution is 2.23. The summed E-state index contributed by atoms with van der Waals surface area (Å²) in [5.41, 5.74) is 4.74. The molecule has 0 fully saturated rings. The molecule has 0 aliphatic heterocycles. The van der Waals surface area contributed by atoms with E-state index in [1.807, 2.05) is 69.4 Å². The largest absolute Gasteiger partial charge is 0.497 e. The van der Waals surface area contributed by atoms with Crippen LogP contribution in [0.5, 0.6) is 5.75 Å². The number of carbonyl (C=O) groups is 1. The van der Waals surface area contributed by atoms with Crippen LogP contribution in [0.2, 0.25) is 0 Å². The maximum atomic E-state index is 12.4. The molecule has 0 aliphatic rings. The molecule has 0 spiro atoms. The summed E-state index contributed by atoms with van der Waals surface area (Å²) in [6, 6.07) is 13.3. The number of benzene rings is 2. The second-order valence-corrected chi connectivity index (χ2v) is 5.55. The molecule has 0 saturated heterocycles. The zero-order valence-corrected chi connectivity index (χ0v) is 15.7. The molecule has 2 aromatic carbocycles. The third kappa shape index (κ3) is 4.72. The van der Waals surface area contributed by atoms with Crippen molar-refractivity contribution in [3.05, 3.63) is 71.5 Å². The molecule has 3 aromatic rings. The molecule has 3 rings (SSSR count). The van der Waals surface area contributed by atoms with Crippen LogP contribution in [0.3, 0.4) is 0 Å². The molecule has 1 heterocycles. The summed E-state index contributed by atoms with van der Waals surface area (Å²) in [6.07, 6.45) is 3.61. The maximum absolute atomic E-state index is 12.4. The topological polar surface area (TPSA) is 67.0 Å². The Hall–Kier alpha value is -3.08. The van der Waals surface area contributed by atoms with Gasteiger partial charge in [0.05, 0.1) is 13.3 Å². The summed E-state index contributed by atoms with van der Waals surface area (Å²) in [6.45, 7) is 6.44. The first-order valence-corrected chi connectivity index (χ1v) is 8.68. The lowest BCUT2D eigenvalue weighted by Crippen LogP contribution is -2.22. The average molecular weight is 351 g/mol. The highest BCUT2D eigenvalue weighted by Gasteiger charge is 2.09. The van der Waals surface area contributed by atoms with Crippen molar-refractivity contribution >= 4 is 5.91 Å². The number of hydrogen-bond acceptors (Lipinski definition) is 3. The van der Waals surface area contributed by atoms with Crippen LogP contribution in [0, 0.1) is 6.92 Å². The third-order valence-electron chi connectivity index (χ3n) is 3.89. The van der Waals surface area contributed by atoms with Crippen molar-refractivity contribution in [3.8, 4) is 16.9 Å². The smallest absolute Gasteiger partial charge is 0.251 e. The fourth-order valence-corrected chi connectivity index (χ4v) is 2.59. The van der Waals surface area contributed by atoms with Gasteiger partial charge in [0.2, 0.25) is 0 Å². The highest BCUT2D eigenvalue weighted by atomic mass is 16.5. The summed E-state index contributed by atoms with van der Waals surface area (Å²) in [4.78, 5) is 12.4. The molecule has 0 aliphatic carbocycles. The van der Waals surface area contributed by atoms with E-state index >= 15 is 0 Å². The van der Waals surface area contributed by atoms with E-state index in [1.54, 1.807) is 13.3 Å². The lowest BCUT2D eigenvalue weighted by molar-refractivity contribution is 0.0951. The lowest BCUT2D eigenvalue weighted by Gasteiger charge is -2.09. The van der Waals surface area contributed by atoms with E-state index in [0.29, 0.717) is 12.1 Å². The fraction of sp³-hybridized carbons (Fsp3) is 0.238. The molecule has 2 N–H and O–H groups in total. The molecule has 136 valence electrons. The summed E-state index contributed by atoms with van der Waals surface area (Å²) in [7, 11) is 1.63. The maximum Gasteiger partial charge on any atom is 0.251 e. The Morgan fingerprint density at radius 1 is 1.19 bits per heavy atom. The minimum atomic E-state index is -0.0975. The number of aryl methyl sites for hydroxylation is 1. The highest BCUT2D eigenvalue weighted by molar-refractivity contribution is 5.95. The van der Waals surface area contributed by atoms with Crippen molar-refractivity contribution in [2.45, 2.75) is 27.3 Å². The van der Waals surface area contributed by atoms with Crippen LogP contribution < -0.4 is 10.1 Å². The molecule has 0 radical (unpaired) electrons.